The summed E-state index contributed by atoms with van der Waals surface area (Å²) in [5, 5.41) is 0.759. The van der Waals surface area contributed by atoms with Gasteiger partial charge in [-0.05, 0) is 50.0 Å². The number of rotatable bonds is 4. The number of carbonyl (C=O) groups is 1. The molecule has 0 spiro atoms. The zero-order valence-corrected chi connectivity index (χ0v) is 14.8. The van der Waals surface area contributed by atoms with Crippen LogP contribution in [0.2, 0.25) is 0 Å². The first-order valence-corrected chi connectivity index (χ1v) is 9.84. The van der Waals surface area contributed by atoms with Gasteiger partial charge in [-0.25, -0.2) is 0 Å². The maximum Gasteiger partial charge on any atom is 0.223 e. The van der Waals surface area contributed by atoms with E-state index in [0.717, 1.165) is 16.1 Å². The average molecular weight is 368 g/mol. The van der Waals surface area contributed by atoms with E-state index in [0.29, 0.717) is 24.4 Å². The number of hydrogen-bond donors (Lipinski definition) is 0. The Bertz CT molecular complexity index is 507. The van der Waals surface area contributed by atoms with Gasteiger partial charge in [-0.2, -0.15) is 11.8 Å². The molecule has 2 aliphatic heterocycles. The number of halogens is 1. The normalized spacial score (nSPS) is 27.9. The molecule has 4 heteroatoms. The standard InChI is InChI=1S/C17H22BrNOS/c1-21-15-10-13-7-8-14(11-15)19(13)17(20)9-6-12-4-2-3-5-16(12)18/h2-5,13-15H,6-11H2,1H3. The molecule has 2 heterocycles. The van der Waals surface area contributed by atoms with E-state index in [2.05, 4.69) is 33.2 Å². The van der Waals surface area contributed by atoms with Gasteiger partial charge in [0.15, 0.2) is 0 Å². The highest BCUT2D eigenvalue weighted by Crippen LogP contribution is 2.40. The molecule has 2 aliphatic rings. The monoisotopic (exact) mass is 367 g/mol. The van der Waals surface area contributed by atoms with Crippen LogP contribution in [-0.4, -0.2) is 34.4 Å². The van der Waals surface area contributed by atoms with E-state index in [4.69, 9.17) is 0 Å². The SMILES string of the molecule is CSC1CC2CCC(C1)N2C(=O)CCc1ccccc1Br. The van der Waals surface area contributed by atoms with Crippen molar-refractivity contribution in [1.29, 1.82) is 0 Å². The predicted octanol–water partition coefficient (Wildman–Crippen LogP) is 4.27. The smallest absolute Gasteiger partial charge is 0.223 e. The minimum atomic E-state index is 0.359. The van der Waals surface area contributed by atoms with E-state index < -0.39 is 0 Å². The lowest BCUT2D eigenvalue weighted by molar-refractivity contribution is -0.135. The van der Waals surface area contributed by atoms with Crippen molar-refractivity contribution in [3.63, 3.8) is 0 Å². The van der Waals surface area contributed by atoms with Crippen molar-refractivity contribution in [2.45, 2.75) is 55.9 Å². The summed E-state index contributed by atoms with van der Waals surface area (Å²) in [5.41, 5.74) is 1.23. The molecule has 2 unspecified atom stereocenters. The maximum atomic E-state index is 12.6. The summed E-state index contributed by atoms with van der Waals surface area (Å²) in [4.78, 5) is 14.9. The predicted molar refractivity (Wildman–Crippen MR) is 92.7 cm³/mol. The number of piperidine rings is 1. The first-order chi connectivity index (χ1) is 10.2. The van der Waals surface area contributed by atoms with E-state index >= 15 is 0 Å². The molecule has 1 amide bonds. The highest BCUT2D eigenvalue weighted by atomic mass is 79.9. The third kappa shape index (κ3) is 3.31. The van der Waals surface area contributed by atoms with Crippen LogP contribution >= 0.6 is 27.7 Å². The molecule has 0 aromatic heterocycles. The summed E-state index contributed by atoms with van der Waals surface area (Å²) >= 11 is 5.54. The van der Waals surface area contributed by atoms with Gasteiger partial charge in [-0.3, -0.25) is 4.79 Å². The topological polar surface area (TPSA) is 20.3 Å². The van der Waals surface area contributed by atoms with Crippen LogP contribution in [0.5, 0.6) is 0 Å². The van der Waals surface area contributed by atoms with E-state index in [9.17, 15) is 4.79 Å². The second-order valence-corrected chi connectivity index (χ2v) is 8.10. The fourth-order valence-corrected chi connectivity index (χ4v) is 5.11. The Morgan fingerprint density at radius 2 is 1.95 bits per heavy atom. The van der Waals surface area contributed by atoms with Crippen molar-refractivity contribution in [3.8, 4) is 0 Å². The third-order valence-corrected chi connectivity index (χ3v) is 6.70. The van der Waals surface area contributed by atoms with Gasteiger partial charge < -0.3 is 4.90 Å². The van der Waals surface area contributed by atoms with Crippen LogP contribution in [0.25, 0.3) is 0 Å². The summed E-state index contributed by atoms with van der Waals surface area (Å²) < 4.78 is 1.11. The van der Waals surface area contributed by atoms with Gasteiger partial charge in [-0.1, -0.05) is 34.1 Å². The van der Waals surface area contributed by atoms with Crippen LogP contribution < -0.4 is 0 Å². The largest absolute Gasteiger partial charge is 0.337 e. The van der Waals surface area contributed by atoms with Gasteiger partial charge in [0.25, 0.3) is 0 Å². The van der Waals surface area contributed by atoms with E-state index in [1.54, 1.807) is 0 Å². The van der Waals surface area contributed by atoms with Crippen molar-refractivity contribution in [1.82, 2.24) is 4.90 Å². The maximum absolute atomic E-state index is 12.6. The molecular weight excluding hydrogens is 346 g/mol. The molecular formula is C17H22BrNOS. The fraction of sp³-hybridized carbons (Fsp3) is 0.588. The number of nitrogens with zero attached hydrogens (tertiary/aromatic N) is 1. The number of benzene rings is 1. The van der Waals surface area contributed by atoms with Crippen molar-refractivity contribution in [2.75, 3.05) is 6.26 Å². The van der Waals surface area contributed by atoms with Crippen molar-refractivity contribution in [2.24, 2.45) is 0 Å². The van der Waals surface area contributed by atoms with E-state index in [1.165, 1.54) is 31.2 Å². The lowest BCUT2D eigenvalue weighted by Gasteiger charge is -2.38. The second-order valence-electron chi connectivity index (χ2n) is 6.11. The summed E-state index contributed by atoms with van der Waals surface area (Å²) in [6, 6.07) is 9.22. The van der Waals surface area contributed by atoms with E-state index in [-0.39, 0.29) is 0 Å². The van der Waals surface area contributed by atoms with Crippen LogP contribution in [0.4, 0.5) is 0 Å². The zero-order valence-electron chi connectivity index (χ0n) is 12.4. The molecule has 2 atom stereocenters. The Morgan fingerprint density at radius 3 is 2.57 bits per heavy atom. The van der Waals surface area contributed by atoms with Gasteiger partial charge in [0.1, 0.15) is 0 Å². The summed E-state index contributed by atoms with van der Waals surface area (Å²) in [5.74, 6) is 0.359. The Balaban J connectivity index is 1.60. The zero-order chi connectivity index (χ0) is 14.8. The summed E-state index contributed by atoms with van der Waals surface area (Å²) in [7, 11) is 0. The lowest BCUT2D eigenvalue weighted by atomic mass is 10.0. The number of aryl methyl sites for hydroxylation is 1. The molecule has 0 N–H and O–H groups in total. The Morgan fingerprint density at radius 1 is 1.29 bits per heavy atom. The first kappa shape index (κ1) is 15.4. The van der Waals surface area contributed by atoms with Gasteiger partial charge in [-0.15, -0.1) is 0 Å². The molecule has 2 fully saturated rings. The van der Waals surface area contributed by atoms with Gasteiger partial charge in [0, 0.05) is 28.2 Å². The van der Waals surface area contributed by atoms with Crippen LogP contribution in [0.1, 0.15) is 37.7 Å². The van der Waals surface area contributed by atoms with Crippen molar-refractivity contribution in [3.05, 3.63) is 34.3 Å². The van der Waals surface area contributed by atoms with Crippen molar-refractivity contribution < 1.29 is 4.79 Å². The van der Waals surface area contributed by atoms with Crippen LogP contribution in [-0.2, 0) is 11.2 Å². The summed E-state index contributed by atoms with van der Waals surface area (Å²) in [6.07, 6.45) is 8.48. The molecule has 21 heavy (non-hydrogen) atoms. The number of carbonyl (C=O) groups excluding carboxylic acids is 1. The minimum Gasteiger partial charge on any atom is -0.337 e. The Labute approximate surface area is 139 Å². The van der Waals surface area contributed by atoms with Crippen LogP contribution in [0.3, 0.4) is 0 Å². The number of fused-ring (bicyclic) bond motifs is 2. The quantitative estimate of drug-likeness (QED) is 0.791. The van der Waals surface area contributed by atoms with E-state index in [1.807, 2.05) is 30.0 Å². The molecule has 2 bridgehead atoms. The molecule has 0 aliphatic carbocycles. The third-order valence-electron chi connectivity index (χ3n) is 4.88. The number of thioether (sulfide) groups is 1. The molecule has 0 saturated carbocycles. The lowest BCUT2D eigenvalue weighted by Crippen LogP contribution is -2.47. The average Bonchev–Trinajstić information content (AvgIpc) is 2.76. The summed E-state index contributed by atoms with van der Waals surface area (Å²) in [6.45, 7) is 0. The second kappa shape index (κ2) is 6.74. The molecule has 2 saturated heterocycles. The van der Waals surface area contributed by atoms with Crippen LogP contribution in [0, 0.1) is 0 Å². The first-order valence-electron chi connectivity index (χ1n) is 7.76. The highest BCUT2D eigenvalue weighted by Gasteiger charge is 2.42. The Hall–Kier alpha value is -0.480. The van der Waals surface area contributed by atoms with Gasteiger partial charge in [0.2, 0.25) is 5.91 Å². The molecule has 3 rings (SSSR count). The minimum absolute atomic E-state index is 0.359. The molecule has 1 aromatic rings. The molecule has 2 nitrogen and oxygen atoms in total. The number of amides is 1. The highest BCUT2D eigenvalue weighted by molar-refractivity contribution is 9.10. The van der Waals surface area contributed by atoms with Crippen LogP contribution in [0.15, 0.2) is 28.7 Å². The van der Waals surface area contributed by atoms with Gasteiger partial charge >= 0.3 is 0 Å². The number of hydrogen-bond acceptors (Lipinski definition) is 2. The fourth-order valence-electron chi connectivity index (χ4n) is 3.80. The van der Waals surface area contributed by atoms with Gasteiger partial charge in [0.05, 0.1) is 0 Å². The van der Waals surface area contributed by atoms with Crippen molar-refractivity contribution >= 4 is 33.6 Å². The Kier molecular flexibility index (Phi) is 4.95. The molecule has 1 aromatic carbocycles. The molecule has 0 radical (unpaired) electrons. The molecule has 114 valence electrons.